The molecule has 0 fully saturated rings. The number of fused-ring (bicyclic) bond motifs is 1. The predicted molar refractivity (Wildman–Crippen MR) is 164 cm³/mol. The van der Waals surface area contributed by atoms with Gasteiger partial charge in [-0.25, -0.2) is 4.68 Å². The molecule has 9 heteroatoms. The summed E-state index contributed by atoms with van der Waals surface area (Å²) in [5.74, 6) is 1.62. The Hall–Kier alpha value is -4.76. The molecular weight excluding hydrogens is 548 g/mol. The van der Waals surface area contributed by atoms with Crippen molar-refractivity contribution in [1.82, 2.24) is 15.1 Å². The summed E-state index contributed by atoms with van der Waals surface area (Å²) in [7, 11) is 1.65. The largest absolute Gasteiger partial charge is 0.496 e. The minimum atomic E-state index is -0.301. The Balaban J connectivity index is 1.56. The van der Waals surface area contributed by atoms with Crippen LogP contribution in [0.2, 0.25) is 0 Å². The number of aromatic nitrogens is 2. The van der Waals surface area contributed by atoms with Gasteiger partial charge in [0.15, 0.2) is 0 Å². The van der Waals surface area contributed by atoms with Gasteiger partial charge in [-0.15, -0.1) is 11.8 Å². The summed E-state index contributed by atoms with van der Waals surface area (Å²) < 4.78 is 13.0. The minimum absolute atomic E-state index is 0.169. The van der Waals surface area contributed by atoms with Crippen molar-refractivity contribution in [3.63, 3.8) is 0 Å². The molecular formula is C33H30N4O4S. The predicted octanol–water partition coefficient (Wildman–Crippen LogP) is 5.93. The molecule has 1 aliphatic rings. The molecule has 0 bridgehead atoms. The number of thioether (sulfide) groups is 1. The fourth-order valence-corrected chi connectivity index (χ4v) is 6.45. The van der Waals surface area contributed by atoms with Crippen LogP contribution in [0.5, 0.6) is 5.75 Å². The van der Waals surface area contributed by atoms with E-state index in [0.29, 0.717) is 11.6 Å². The average molecular weight is 579 g/mol. The van der Waals surface area contributed by atoms with Crippen LogP contribution in [0.25, 0.3) is 16.9 Å². The quantitative estimate of drug-likeness (QED) is 0.245. The van der Waals surface area contributed by atoms with Crippen LogP contribution in [-0.2, 0) is 16.1 Å². The second-order valence-electron chi connectivity index (χ2n) is 9.92. The molecule has 8 nitrogen and oxygen atoms in total. The van der Waals surface area contributed by atoms with Crippen molar-refractivity contribution < 1.29 is 18.7 Å². The van der Waals surface area contributed by atoms with Gasteiger partial charge in [0.2, 0.25) is 11.8 Å². The molecule has 1 aliphatic heterocycles. The van der Waals surface area contributed by atoms with E-state index in [1.165, 1.54) is 11.8 Å². The lowest BCUT2D eigenvalue weighted by Crippen LogP contribution is -2.42. The molecule has 0 saturated carbocycles. The Kier molecular flexibility index (Phi) is 7.83. The van der Waals surface area contributed by atoms with Crippen molar-refractivity contribution in [3.8, 4) is 22.7 Å². The van der Waals surface area contributed by atoms with Gasteiger partial charge in [-0.3, -0.25) is 14.5 Å². The lowest BCUT2D eigenvalue weighted by molar-refractivity contribution is -0.123. The second kappa shape index (κ2) is 12.0. The van der Waals surface area contributed by atoms with Crippen LogP contribution in [0.1, 0.15) is 27.7 Å². The summed E-state index contributed by atoms with van der Waals surface area (Å²) in [6, 6.07) is 29.3. The maximum Gasteiger partial charge on any atom is 0.240 e. The number of aryl methyl sites for hydroxylation is 1. The molecule has 2 amide bonds. The first kappa shape index (κ1) is 27.4. The molecule has 0 radical (unpaired) electrons. The van der Waals surface area contributed by atoms with Gasteiger partial charge >= 0.3 is 0 Å². The molecule has 0 spiro atoms. The molecule has 0 aliphatic carbocycles. The van der Waals surface area contributed by atoms with Crippen LogP contribution >= 0.6 is 11.8 Å². The number of para-hydroxylation sites is 2. The third kappa shape index (κ3) is 5.31. The number of amides is 2. The standard InChI is InChI=1S/C33H30N4O4S/c1-22-11-6-8-16-26(22)37-33-30(31(35-37)23-12-4-3-5-13-23)32(25-15-7-9-17-27(25)40-2)42-21-29(39)36(33)20-28(38)34-19-24-14-10-18-41-24/h3-18,32H,19-21H2,1-2H3,(H,34,38). The zero-order valence-electron chi connectivity index (χ0n) is 23.3. The number of carbonyl (C=O) groups excluding carboxylic acids is 2. The number of hydrogen-bond donors (Lipinski definition) is 1. The number of furan rings is 1. The fraction of sp³-hybridized carbons (Fsp3) is 0.182. The summed E-state index contributed by atoms with van der Waals surface area (Å²) in [5.41, 5.74) is 5.26. The molecule has 1 unspecified atom stereocenters. The van der Waals surface area contributed by atoms with Crippen molar-refractivity contribution in [2.45, 2.75) is 18.7 Å². The molecule has 0 saturated heterocycles. The number of ether oxygens (including phenoxy) is 1. The van der Waals surface area contributed by atoms with Gasteiger partial charge in [-0.05, 0) is 36.8 Å². The third-order valence-corrected chi connectivity index (χ3v) is 8.48. The SMILES string of the molecule is COc1ccccc1C1SCC(=O)N(CC(=O)NCc2ccco2)c2c1c(-c1ccccc1)nn2-c1ccccc1C. The third-order valence-electron chi connectivity index (χ3n) is 7.24. The lowest BCUT2D eigenvalue weighted by Gasteiger charge is -2.24. The fourth-order valence-electron chi connectivity index (χ4n) is 5.22. The highest BCUT2D eigenvalue weighted by atomic mass is 32.2. The zero-order chi connectivity index (χ0) is 29.1. The van der Waals surface area contributed by atoms with E-state index in [2.05, 4.69) is 5.32 Å². The Bertz CT molecular complexity index is 1720. The van der Waals surface area contributed by atoms with Crippen LogP contribution in [0, 0.1) is 6.92 Å². The number of benzene rings is 3. The molecule has 1 atom stereocenters. The molecule has 3 aromatic carbocycles. The van der Waals surface area contributed by atoms with Crippen LogP contribution in [-0.4, -0.2) is 41.0 Å². The second-order valence-corrected chi connectivity index (χ2v) is 11.0. The highest BCUT2D eigenvalue weighted by Crippen LogP contribution is 2.50. The van der Waals surface area contributed by atoms with Crippen molar-refractivity contribution in [2.24, 2.45) is 0 Å². The molecule has 2 aromatic heterocycles. The number of rotatable bonds is 8. The molecule has 3 heterocycles. The first-order chi connectivity index (χ1) is 20.5. The summed E-state index contributed by atoms with van der Waals surface area (Å²) in [4.78, 5) is 28.8. The zero-order valence-corrected chi connectivity index (χ0v) is 24.1. The average Bonchev–Trinajstić information content (AvgIpc) is 3.66. The maximum atomic E-state index is 13.9. The monoisotopic (exact) mass is 578 g/mol. The van der Waals surface area contributed by atoms with Gasteiger partial charge in [-0.2, -0.15) is 5.10 Å². The van der Waals surface area contributed by atoms with Crippen LogP contribution < -0.4 is 15.0 Å². The van der Waals surface area contributed by atoms with E-state index < -0.39 is 0 Å². The lowest BCUT2D eigenvalue weighted by atomic mass is 9.99. The normalized spacial score (nSPS) is 14.8. The molecule has 212 valence electrons. The molecule has 6 rings (SSSR count). The van der Waals surface area contributed by atoms with E-state index in [9.17, 15) is 9.59 Å². The Labute approximate surface area is 248 Å². The van der Waals surface area contributed by atoms with Gasteiger partial charge in [-0.1, -0.05) is 66.7 Å². The van der Waals surface area contributed by atoms with E-state index in [1.54, 1.807) is 30.4 Å². The highest BCUT2D eigenvalue weighted by molar-refractivity contribution is 8.00. The molecule has 5 aromatic rings. The van der Waals surface area contributed by atoms with Gasteiger partial charge in [0, 0.05) is 16.7 Å². The Morgan fingerprint density at radius 2 is 1.79 bits per heavy atom. The number of hydrogen-bond acceptors (Lipinski definition) is 6. The van der Waals surface area contributed by atoms with E-state index >= 15 is 0 Å². The summed E-state index contributed by atoms with van der Waals surface area (Å²) in [6.07, 6.45) is 1.56. The van der Waals surface area contributed by atoms with E-state index in [0.717, 1.165) is 39.4 Å². The topological polar surface area (TPSA) is 89.6 Å². The number of methoxy groups -OCH3 is 1. The van der Waals surface area contributed by atoms with Gasteiger partial charge < -0.3 is 14.5 Å². The highest BCUT2D eigenvalue weighted by Gasteiger charge is 2.38. The Morgan fingerprint density at radius 1 is 1.02 bits per heavy atom. The van der Waals surface area contributed by atoms with Crippen molar-refractivity contribution in [3.05, 3.63) is 120 Å². The van der Waals surface area contributed by atoms with Gasteiger partial charge in [0.25, 0.3) is 0 Å². The summed E-state index contributed by atoms with van der Waals surface area (Å²) in [5, 5.41) is 7.77. The Morgan fingerprint density at radius 3 is 2.55 bits per heavy atom. The molecule has 1 N–H and O–H groups in total. The van der Waals surface area contributed by atoms with Gasteiger partial charge in [0.1, 0.15) is 23.9 Å². The first-order valence-corrected chi connectivity index (χ1v) is 14.7. The smallest absolute Gasteiger partial charge is 0.240 e. The summed E-state index contributed by atoms with van der Waals surface area (Å²) >= 11 is 1.51. The van der Waals surface area contributed by atoms with Crippen LogP contribution in [0.4, 0.5) is 5.82 Å². The van der Waals surface area contributed by atoms with Crippen molar-refractivity contribution in [2.75, 3.05) is 24.3 Å². The van der Waals surface area contributed by atoms with E-state index in [4.69, 9.17) is 14.3 Å². The van der Waals surface area contributed by atoms with Crippen LogP contribution in [0.3, 0.4) is 0 Å². The number of nitrogens with zero attached hydrogens (tertiary/aromatic N) is 3. The number of anilines is 1. The van der Waals surface area contributed by atoms with E-state index in [1.807, 2.05) is 90.5 Å². The van der Waals surface area contributed by atoms with Crippen LogP contribution in [0.15, 0.2) is 102 Å². The van der Waals surface area contributed by atoms with Crippen molar-refractivity contribution >= 4 is 29.4 Å². The molecule has 42 heavy (non-hydrogen) atoms. The van der Waals surface area contributed by atoms with E-state index in [-0.39, 0.29) is 35.9 Å². The summed E-state index contributed by atoms with van der Waals surface area (Å²) in [6.45, 7) is 2.07. The number of nitrogens with one attached hydrogen (secondary N) is 1. The minimum Gasteiger partial charge on any atom is -0.496 e. The maximum absolute atomic E-state index is 13.9. The van der Waals surface area contributed by atoms with Crippen molar-refractivity contribution in [1.29, 1.82) is 0 Å². The van der Waals surface area contributed by atoms with Gasteiger partial charge in [0.05, 0.1) is 42.3 Å². The first-order valence-electron chi connectivity index (χ1n) is 13.6. The number of carbonyl (C=O) groups is 2.